The largest absolute Gasteiger partial charge is 0.392 e. The number of aliphatic hydroxyl groups is 2. The van der Waals surface area contributed by atoms with Crippen molar-refractivity contribution in [1.29, 1.82) is 0 Å². The summed E-state index contributed by atoms with van der Waals surface area (Å²) in [5.41, 5.74) is 0. The molecule has 0 aromatic heterocycles. The molecule has 12 heteroatoms. The van der Waals surface area contributed by atoms with Crippen LogP contribution in [0.15, 0.2) is 0 Å². The van der Waals surface area contributed by atoms with Gasteiger partial charge in [-0.3, -0.25) is 9.59 Å². The van der Waals surface area contributed by atoms with Crippen LogP contribution in [0.2, 0.25) is 0 Å². The van der Waals surface area contributed by atoms with Crippen LogP contribution < -0.4 is 0 Å². The van der Waals surface area contributed by atoms with Gasteiger partial charge in [-0.15, -0.1) is 0 Å². The van der Waals surface area contributed by atoms with E-state index in [0.29, 0.717) is 33.1 Å². The van der Waals surface area contributed by atoms with Gasteiger partial charge in [-0.25, -0.2) is 0 Å². The molecule has 39 heavy (non-hydrogen) atoms. The van der Waals surface area contributed by atoms with Crippen molar-refractivity contribution in [3.05, 3.63) is 0 Å². The summed E-state index contributed by atoms with van der Waals surface area (Å²) in [4.78, 5) is 22.0. The van der Waals surface area contributed by atoms with Crippen LogP contribution in [0, 0.1) is 0 Å². The maximum atomic E-state index is 10.9. The molecular formula is C27H50Br4O8. The van der Waals surface area contributed by atoms with Gasteiger partial charge in [-0.2, -0.15) is 0 Å². The van der Waals surface area contributed by atoms with E-state index < -0.39 is 0 Å². The van der Waals surface area contributed by atoms with Crippen LogP contribution >= 0.6 is 63.7 Å². The molecule has 0 aliphatic carbocycles. The second-order valence-electron chi connectivity index (χ2n) is 9.50. The van der Waals surface area contributed by atoms with Crippen LogP contribution in [-0.2, 0) is 28.5 Å². The Bertz CT molecular complexity index is 656. The number of carbonyl (C=O) groups is 2. The topological polar surface area (TPSA) is 112 Å². The first-order valence-corrected chi connectivity index (χ1v) is 16.6. The first kappa shape index (κ1) is 40.0. The highest BCUT2D eigenvalue weighted by molar-refractivity contribution is 9.10. The number of hydrogen-bond acceptors (Lipinski definition) is 8. The third kappa shape index (κ3) is 19.0. The molecule has 0 bridgehead atoms. The molecule has 0 amide bonds. The van der Waals surface area contributed by atoms with Crippen LogP contribution in [0.5, 0.6) is 0 Å². The first-order valence-electron chi connectivity index (χ1n) is 13.7. The molecule has 0 saturated carbocycles. The quantitative estimate of drug-likeness (QED) is 0.297. The Hall–Kier alpha value is 1.02. The summed E-state index contributed by atoms with van der Waals surface area (Å²) in [5.74, 6) is 0.418. The number of ketones is 2. The molecule has 4 aliphatic heterocycles. The lowest BCUT2D eigenvalue weighted by Gasteiger charge is -2.27. The number of rotatable bonds is 0. The normalized spacial score (nSPS) is 38.3. The SMILES string of the molecule is C.CC1CC(=O)C(Br)CO1.CC1CC(Br)C(=O)CO1.CC1CC(Br)C(O)CO1.CC1CC(O)C(Br)CO1.[2H]CC. The summed E-state index contributed by atoms with van der Waals surface area (Å²) < 4.78 is 26.9. The highest BCUT2D eigenvalue weighted by Crippen LogP contribution is 2.21. The standard InChI is InChI=1S/C6H11BrO2.C6H9BrO2.C6H11BrO2.C6H9BrO2.C2H6.CH4/c2*1-4-2-6(8)5(7)3-9-4;2*1-4-2-5(7)6(8)3-9-4;1-2;/h4-6,8H,2-3H2,1H3;4-5H,2-3H2,1H3;4-6,8H,2-3H2,1H3;4-5H,2-3H2,1H3;1-2H3;1H4/i;;;;1D;. The van der Waals surface area contributed by atoms with Crippen LogP contribution in [0.25, 0.3) is 0 Å². The molecule has 10 atom stereocenters. The molecule has 2 N–H and O–H groups in total. The van der Waals surface area contributed by atoms with Gasteiger partial charge in [-0.05, 0) is 40.5 Å². The van der Waals surface area contributed by atoms with Crippen LogP contribution in [0.4, 0.5) is 0 Å². The molecule has 4 fully saturated rings. The fourth-order valence-corrected chi connectivity index (χ4v) is 5.50. The zero-order valence-corrected chi connectivity index (χ0v) is 29.3. The Morgan fingerprint density at radius 1 is 0.692 bits per heavy atom. The van der Waals surface area contributed by atoms with E-state index in [1.54, 1.807) is 6.92 Å². The van der Waals surface area contributed by atoms with Gasteiger partial charge in [0.15, 0.2) is 11.6 Å². The molecule has 4 rings (SSSR count). The number of Topliss-reactive ketones (excluding diaryl/α,β-unsaturated/α-hetero) is 2. The minimum Gasteiger partial charge on any atom is -0.392 e. The predicted molar refractivity (Wildman–Crippen MR) is 171 cm³/mol. The van der Waals surface area contributed by atoms with Crippen molar-refractivity contribution in [2.75, 3.05) is 26.4 Å². The highest BCUT2D eigenvalue weighted by atomic mass is 79.9. The zero-order valence-electron chi connectivity index (χ0n) is 24.0. The number of halogens is 4. The first-order chi connectivity index (χ1) is 18.2. The fraction of sp³-hybridized carbons (Fsp3) is 0.926. The van der Waals surface area contributed by atoms with Crippen molar-refractivity contribution < 1.29 is 40.1 Å². The molecule has 0 aromatic carbocycles. The van der Waals surface area contributed by atoms with E-state index in [-0.39, 0.29) is 81.5 Å². The Labute approximate surface area is 270 Å². The molecular weight excluding hydrogens is 772 g/mol. The van der Waals surface area contributed by atoms with Gasteiger partial charge < -0.3 is 29.2 Å². The van der Waals surface area contributed by atoms with Crippen LogP contribution in [0.3, 0.4) is 0 Å². The highest BCUT2D eigenvalue weighted by Gasteiger charge is 2.26. The fourth-order valence-electron chi connectivity index (χ4n) is 3.45. The molecule has 0 radical (unpaired) electrons. The molecule has 8 nitrogen and oxygen atoms in total. The summed E-state index contributed by atoms with van der Waals surface area (Å²) in [6, 6.07) is 0. The lowest BCUT2D eigenvalue weighted by Crippen LogP contribution is -2.36. The molecule has 0 spiro atoms. The summed E-state index contributed by atoms with van der Waals surface area (Å²) in [5, 5.41) is 18.3. The molecule has 4 aliphatic rings. The van der Waals surface area contributed by atoms with E-state index in [4.69, 9.17) is 25.4 Å². The molecule has 0 aromatic rings. The second kappa shape index (κ2) is 23.5. The lowest BCUT2D eigenvalue weighted by molar-refractivity contribution is -0.129. The zero-order chi connectivity index (χ0) is 30.1. The van der Waals surface area contributed by atoms with Gasteiger partial charge in [0, 0.05) is 19.0 Å². The number of carbonyl (C=O) groups excluding carboxylic acids is 2. The monoisotopic (exact) mass is 819 g/mol. The lowest BCUT2D eigenvalue weighted by atomic mass is 10.1. The third-order valence-electron chi connectivity index (χ3n) is 5.82. The predicted octanol–water partition coefficient (Wildman–Crippen LogP) is 5.76. The summed E-state index contributed by atoms with van der Waals surface area (Å²) in [7, 11) is 0. The summed E-state index contributed by atoms with van der Waals surface area (Å²) in [6.45, 7) is 12.1. The number of hydrogen-bond donors (Lipinski definition) is 2. The number of alkyl halides is 4. The minimum atomic E-state index is -0.318. The molecule has 4 heterocycles. The van der Waals surface area contributed by atoms with Crippen molar-refractivity contribution in [2.24, 2.45) is 0 Å². The Morgan fingerprint density at radius 2 is 1.21 bits per heavy atom. The molecule has 234 valence electrons. The maximum Gasteiger partial charge on any atom is 0.172 e. The molecule has 10 unspecified atom stereocenters. The molecule has 4 saturated heterocycles. The van der Waals surface area contributed by atoms with Crippen LogP contribution in [0.1, 0.15) is 76.0 Å². The van der Waals surface area contributed by atoms with Gasteiger partial charge in [0.2, 0.25) is 0 Å². The minimum absolute atomic E-state index is 0. The van der Waals surface area contributed by atoms with E-state index in [1.165, 1.54) is 0 Å². The van der Waals surface area contributed by atoms with Gasteiger partial charge >= 0.3 is 0 Å². The van der Waals surface area contributed by atoms with Crippen molar-refractivity contribution >= 4 is 75.3 Å². The van der Waals surface area contributed by atoms with Crippen molar-refractivity contribution in [3.63, 3.8) is 0 Å². The second-order valence-corrected chi connectivity index (χ2v) is 14.1. The smallest absolute Gasteiger partial charge is 0.172 e. The van der Waals surface area contributed by atoms with Crippen molar-refractivity contribution in [2.45, 2.75) is 131 Å². The van der Waals surface area contributed by atoms with E-state index >= 15 is 0 Å². The van der Waals surface area contributed by atoms with Gasteiger partial charge in [0.1, 0.15) is 6.61 Å². The average molecular weight is 823 g/mol. The van der Waals surface area contributed by atoms with Gasteiger partial charge in [0.05, 0.1) is 70.9 Å². The summed E-state index contributed by atoms with van der Waals surface area (Å²) >= 11 is 13.1. The summed E-state index contributed by atoms with van der Waals surface area (Å²) in [6.07, 6.45) is 3.31. The Balaban J connectivity index is 0. The van der Waals surface area contributed by atoms with E-state index in [9.17, 15) is 14.7 Å². The van der Waals surface area contributed by atoms with Crippen molar-refractivity contribution in [3.8, 4) is 0 Å². The maximum absolute atomic E-state index is 10.9. The van der Waals surface area contributed by atoms with E-state index in [0.717, 1.165) is 19.3 Å². The Kier molecular flexibility index (Phi) is 24.1. The van der Waals surface area contributed by atoms with Gasteiger partial charge in [-0.1, -0.05) is 85.0 Å². The van der Waals surface area contributed by atoms with Crippen molar-refractivity contribution in [1.82, 2.24) is 0 Å². The number of ether oxygens (including phenoxy) is 4. The van der Waals surface area contributed by atoms with E-state index in [2.05, 4.69) is 63.7 Å². The average Bonchev–Trinajstić information content (AvgIpc) is 2.86. The Morgan fingerprint density at radius 3 is 1.62 bits per heavy atom. The van der Waals surface area contributed by atoms with Gasteiger partial charge in [0.25, 0.3) is 0 Å². The third-order valence-corrected chi connectivity index (χ3v) is 9.34. The van der Waals surface area contributed by atoms with Crippen LogP contribution in [-0.4, -0.2) is 104 Å². The number of aliphatic hydroxyl groups excluding tert-OH is 2. The van der Waals surface area contributed by atoms with E-state index in [1.807, 2.05) is 27.7 Å².